The predicted molar refractivity (Wildman–Crippen MR) is 72.8 cm³/mol. The highest BCUT2D eigenvalue weighted by Gasteiger charge is 2.19. The predicted octanol–water partition coefficient (Wildman–Crippen LogP) is 2.58. The first kappa shape index (κ1) is 12.9. The van der Waals surface area contributed by atoms with Crippen molar-refractivity contribution in [2.75, 3.05) is 0 Å². The van der Waals surface area contributed by atoms with Crippen LogP contribution in [0, 0.1) is 21.1 Å². The van der Waals surface area contributed by atoms with E-state index in [2.05, 4.69) is 4.98 Å². The largest absolute Gasteiger partial charge is 0.710 e. The number of halogens is 1. The highest BCUT2D eigenvalue weighted by atomic mass is 19.1. The minimum Gasteiger partial charge on any atom is -0.710 e. The molecule has 0 N–H and O–H groups in total. The summed E-state index contributed by atoms with van der Waals surface area (Å²) < 4.78 is 14.3. The fraction of sp³-hybridized carbons (Fsp3) is 0. The zero-order valence-electron chi connectivity index (χ0n) is 10.6. The lowest BCUT2D eigenvalue weighted by molar-refractivity contribution is -0.595. The van der Waals surface area contributed by atoms with Gasteiger partial charge in [0.25, 0.3) is 12.0 Å². The van der Waals surface area contributed by atoms with Crippen molar-refractivity contribution in [2.24, 2.45) is 0 Å². The Labute approximate surface area is 117 Å². The summed E-state index contributed by atoms with van der Waals surface area (Å²) in [5.74, 6) is -0.582. The SMILES string of the molecule is O=[N+]([O-])c1ccc2nc[n+]([O-])c(-c3ccccc3F)c2c1. The number of nitrogens with zero attached hydrogens (tertiary/aromatic N) is 3. The van der Waals surface area contributed by atoms with Gasteiger partial charge in [0.2, 0.25) is 0 Å². The Kier molecular flexibility index (Phi) is 2.94. The van der Waals surface area contributed by atoms with Crippen LogP contribution in [0.15, 0.2) is 48.8 Å². The first-order valence-electron chi connectivity index (χ1n) is 5.99. The van der Waals surface area contributed by atoms with Gasteiger partial charge in [0, 0.05) is 12.1 Å². The number of hydrogen-bond donors (Lipinski definition) is 0. The Morgan fingerprint density at radius 1 is 1.19 bits per heavy atom. The molecular formula is C14H8FN3O3. The fourth-order valence-electron chi connectivity index (χ4n) is 2.15. The van der Waals surface area contributed by atoms with Crippen LogP contribution in [0.5, 0.6) is 0 Å². The maximum atomic E-state index is 13.9. The van der Waals surface area contributed by atoms with E-state index >= 15 is 0 Å². The van der Waals surface area contributed by atoms with E-state index in [1.165, 1.54) is 36.4 Å². The normalized spacial score (nSPS) is 10.7. The van der Waals surface area contributed by atoms with Crippen LogP contribution in [-0.4, -0.2) is 9.91 Å². The van der Waals surface area contributed by atoms with Crippen molar-refractivity contribution in [1.29, 1.82) is 0 Å². The van der Waals surface area contributed by atoms with Crippen LogP contribution in [-0.2, 0) is 0 Å². The summed E-state index contributed by atoms with van der Waals surface area (Å²) in [4.78, 5) is 14.2. The van der Waals surface area contributed by atoms with Crippen LogP contribution in [0.4, 0.5) is 10.1 Å². The van der Waals surface area contributed by atoms with Crippen molar-refractivity contribution in [3.8, 4) is 11.3 Å². The van der Waals surface area contributed by atoms with Crippen LogP contribution >= 0.6 is 0 Å². The summed E-state index contributed by atoms with van der Waals surface area (Å²) >= 11 is 0. The Bertz CT molecular complexity index is 867. The van der Waals surface area contributed by atoms with E-state index in [1.807, 2.05) is 0 Å². The number of aromatic nitrogens is 2. The average molecular weight is 285 g/mol. The first-order valence-corrected chi connectivity index (χ1v) is 5.99. The highest BCUT2D eigenvalue weighted by molar-refractivity contribution is 5.92. The molecule has 0 aliphatic rings. The number of nitro groups is 1. The van der Waals surface area contributed by atoms with E-state index in [-0.39, 0.29) is 22.3 Å². The monoisotopic (exact) mass is 285 g/mol. The van der Waals surface area contributed by atoms with Gasteiger partial charge in [-0.05, 0) is 23.2 Å². The average Bonchev–Trinajstić information content (AvgIpc) is 2.48. The standard InChI is InChI=1S/C14H8FN3O3/c15-12-4-2-1-3-10(12)14-11-7-9(18(20)21)5-6-13(11)16-8-17(14)19/h1-8H. The van der Waals surface area contributed by atoms with Crippen molar-refractivity contribution in [3.05, 3.63) is 69.9 Å². The number of rotatable bonds is 2. The van der Waals surface area contributed by atoms with Crippen LogP contribution in [0.1, 0.15) is 0 Å². The summed E-state index contributed by atoms with van der Waals surface area (Å²) in [6, 6.07) is 9.68. The molecule has 3 aromatic rings. The number of benzene rings is 2. The van der Waals surface area contributed by atoms with Crippen molar-refractivity contribution >= 4 is 16.6 Å². The second-order valence-corrected chi connectivity index (χ2v) is 4.36. The third-order valence-electron chi connectivity index (χ3n) is 3.10. The molecule has 0 aliphatic heterocycles. The van der Waals surface area contributed by atoms with Crippen LogP contribution < -0.4 is 4.73 Å². The summed E-state index contributed by atoms with van der Waals surface area (Å²) in [5.41, 5.74) is 0.265. The molecule has 0 amide bonds. The Balaban J connectivity index is 2.40. The molecule has 0 saturated heterocycles. The number of fused-ring (bicyclic) bond motifs is 1. The second-order valence-electron chi connectivity index (χ2n) is 4.36. The van der Waals surface area contributed by atoms with Gasteiger partial charge in [0.15, 0.2) is 11.2 Å². The molecule has 104 valence electrons. The Morgan fingerprint density at radius 2 is 1.95 bits per heavy atom. The minimum absolute atomic E-state index is 0.00167. The summed E-state index contributed by atoms with van der Waals surface area (Å²) in [6.45, 7) is 0. The van der Waals surface area contributed by atoms with Gasteiger partial charge in [-0.2, -0.15) is 0 Å². The molecular weight excluding hydrogens is 277 g/mol. The van der Waals surface area contributed by atoms with Gasteiger partial charge in [-0.1, -0.05) is 12.1 Å². The Morgan fingerprint density at radius 3 is 2.67 bits per heavy atom. The molecule has 1 aromatic heterocycles. The molecule has 6 nitrogen and oxygen atoms in total. The second kappa shape index (κ2) is 4.78. The molecule has 0 aliphatic carbocycles. The molecule has 21 heavy (non-hydrogen) atoms. The molecule has 0 atom stereocenters. The van der Waals surface area contributed by atoms with Crippen molar-refractivity contribution in [2.45, 2.75) is 0 Å². The van der Waals surface area contributed by atoms with Crippen molar-refractivity contribution < 1.29 is 14.0 Å². The molecule has 0 saturated carbocycles. The molecule has 0 unspecified atom stereocenters. The third kappa shape index (κ3) is 2.14. The smallest absolute Gasteiger partial charge is 0.290 e. The highest BCUT2D eigenvalue weighted by Crippen LogP contribution is 2.28. The molecule has 2 aromatic carbocycles. The van der Waals surface area contributed by atoms with Gasteiger partial charge in [-0.3, -0.25) is 10.1 Å². The maximum absolute atomic E-state index is 13.9. The summed E-state index contributed by atoms with van der Waals surface area (Å²) in [5, 5.41) is 23.1. The van der Waals surface area contributed by atoms with Crippen molar-refractivity contribution in [1.82, 2.24) is 4.98 Å². The molecule has 0 fully saturated rings. The van der Waals surface area contributed by atoms with E-state index in [0.717, 1.165) is 6.33 Å². The zero-order chi connectivity index (χ0) is 15.0. The van der Waals surface area contributed by atoms with E-state index < -0.39 is 10.7 Å². The van der Waals surface area contributed by atoms with Gasteiger partial charge in [-0.25, -0.2) is 9.12 Å². The Hall–Kier alpha value is -3.09. The molecule has 1 heterocycles. The van der Waals surface area contributed by atoms with Gasteiger partial charge in [-0.15, -0.1) is 0 Å². The first-order chi connectivity index (χ1) is 10.1. The fourth-order valence-corrected chi connectivity index (χ4v) is 2.15. The van der Waals surface area contributed by atoms with E-state index in [9.17, 15) is 19.7 Å². The van der Waals surface area contributed by atoms with E-state index in [4.69, 9.17) is 0 Å². The van der Waals surface area contributed by atoms with E-state index in [0.29, 0.717) is 10.2 Å². The van der Waals surface area contributed by atoms with Crippen molar-refractivity contribution in [3.63, 3.8) is 0 Å². The lowest BCUT2D eigenvalue weighted by atomic mass is 10.1. The minimum atomic E-state index is -0.582. The molecule has 3 rings (SSSR count). The number of non-ortho nitro benzene ring substituents is 1. The van der Waals surface area contributed by atoms with Crippen LogP contribution in [0.25, 0.3) is 22.2 Å². The molecule has 0 spiro atoms. The van der Waals surface area contributed by atoms with Gasteiger partial charge >= 0.3 is 0 Å². The lowest BCUT2D eigenvalue weighted by Gasteiger charge is -2.10. The topological polar surface area (TPSA) is 83.0 Å². The number of hydrogen-bond acceptors (Lipinski definition) is 4. The maximum Gasteiger partial charge on any atom is 0.290 e. The van der Waals surface area contributed by atoms with Gasteiger partial charge in [0.1, 0.15) is 5.82 Å². The lowest BCUT2D eigenvalue weighted by Crippen LogP contribution is -2.30. The quantitative estimate of drug-likeness (QED) is 0.313. The summed E-state index contributed by atoms with van der Waals surface area (Å²) in [7, 11) is 0. The van der Waals surface area contributed by atoms with E-state index in [1.54, 1.807) is 6.07 Å². The van der Waals surface area contributed by atoms with Crippen LogP contribution in [0.3, 0.4) is 0 Å². The third-order valence-corrected chi connectivity index (χ3v) is 3.10. The molecule has 0 bridgehead atoms. The summed E-state index contributed by atoms with van der Waals surface area (Å²) in [6.07, 6.45) is 1.01. The number of nitro benzene ring substituents is 1. The zero-order valence-corrected chi connectivity index (χ0v) is 10.6. The van der Waals surface area contributed by atoms with Gasteiger partial charge < -0.3 is 5.21 Å². The molecule has 0 radical (unpaired) electrons. The molecule has 7 heteroatoms. The van der Waals surface area contributed by atoms with Gasteiger partial charge in [0.05, 0.1) is 15.9 Å². The van der Waals surface area contributed by atoms with Crippen LogP contribution in [0.2, 0.25) is 0 Å².